The number of benzene rings is 1. The highest BCUT2D eigenvalue weighted by Gasteiger charge is 2.40. The number of likely N-dealkylation sites (tertiary alicyclic amines) is 1. The predicted molar refractivity (Wildman–Crippen MR) is 240 cm³/mol. The van der Waals surface area contributed by atoms with Crippen LogP contribution in [0.3, 0.4) is 0 Å². The molecule has 7 amide bonds. The second-order valence-corrected chi connectivity index (χ2v) is 16.6. The number of guanidine groups is 1. The van der Waals surface area contributed by atoms with Crippen molar-refractivity contribution in [1.29, 1.82) is 5.41 Å². The van der Waals surface area contributed by atoms with Crippen molar-refractivity contribution in [3.05, 3.63) is 48.0 Å². The summed E-state index contributed by atoms with van der Waals surface area (Å²) in [4.78, 5) is 116. The number of likely N-dealkylation sites (N-methyl/N-ethyl adjacent to an activating group) is 1. The van der Waals surface area contributed by atoms with Gasteiger partial charge in [-0.25, -0.2) is 4.98 Å². The van der Waals surface area contributed by atoms with Gasteiger partial charge in [0.15, 0.2) is 5.96 Å². The monoisotopic (exact) mass is 930 g/mol. The van der Waals surface area contributed by atoms with Crippen molar-refractivity contribution in [2.75, 3.05) is 26.7 Å². The van der Waals surface area contributed by atoms with E-state index in [1.165, 1.54) is 36.5 Å². The van der Waals surface area contributed by atoms with Crippen molar-refractivity contribution in [2.24, 2.45) is 17.6 Å². The zero-order valence-corrected chi connectivity index (χ0v) is 38.2. The molecular formula is C42H67N13O11. The van der Waals surface area contributed by atoms with Crippen LogP contribution in [0.1, 0.15) is 71.6 Å². The summed E-state index contributed by atoms with van der Waals surface area (Å²) in [7, 11) is 1.56. The van der Waals surface area contributed by atoms with Gasteiger partial charge in [-0.3, -0.25) is 43.8 Å². The molecule has 24 heteroatoms. The van der Waals surface area contributed by atoms with Crippen molar-refractivity contribution in [2.45, 2.75) is 115 Å². The van der Waals surface area contributed by atoms with Crippen molar-refractivity contribution in [1.82, 2.24) is 57.4 Å². The average Bonchev–Trinajstić information content (AvgIpc) is 3.95. The van der Waals surface area contributed by atoms with Crippen LogP contribution < -0.4 is 48.3 Å². The number of carbonyl (C=O) groups is 8. The maximum atomic E-state index is 14.3. The second-order valence-electron chi connectivity index (χ2n) is 16.6. The lowest BCUT2D eigenvalue weighted by molar-refractivity contribution is -0.144. The second kappa shape index (κ2) is 26.8. The van der Waals surface area contributed by atoms with Gasteiger partial charge in [0.2, 0.25) is 41.4 Å². The third-order valence-electron chi connectivity index (χ3n) is 10.6. The van der Waals surface area contributed by atoms with Crippen LogP contribution in [0.5, 0.6) is 5.75 Å². The third-order valence-corrected chi connectivity index (χ3v) is 10.6. The van der Waals surface area contributed by atoms with E-state index in [0.717, 1.165) is 0 Å². The lowest BCUT2D eigenvalue weighted by Crippen LogP contribution is -2.61. The van der Waals surface area contributed by atoms with Crippen LogP contribution in [0, 0.1) is 17.2 Å². The van der Waals surface area contributed by atoms with E-state index < -0.39 is 101 Å². The number of nitrogens with one attached hydrogen (secondary N) is 10. The third kappa shape index (κ3) is 17.3. The molecule has 0 aliphatic carbocycles. The van der Waals surface area contributed by atoms with Gasteiger partial charge < -0.3 is 73.8 Å². The first kappa shape index (κ1) is 55.3. The molecule has 24 nitrogen and oxygen atoms in total. The number of aromatic amines is 1. The molecule has 0 spiro atoms. The molecule has 3 rings (SSSR count). The number of aliphatic carboxylic acids is 1. The lowest BCUT2D eigenvalue weighted by Gasteiger charge is -2.31. The number of nitrogens with two attached hydrogens (primary N) is 1. The number of imidazole rings is 1. The topological polar surface area (TPSA) is 387 Å². The fourth-order valence-corrected chi connectivity index (χ4v) is 7.07. The van der Waals surface area contributed by atoms with E-state index in [-0.39, 0.29) is 62.5 Å². The molecule has 0 saturated carbocycles. The van der Waals surface area contributed by atoms with Crippen LogP contribution in [-0.2, 0) is 51.2 Å². The van der Waals surface area contributed by atoms with Gasteiger partial charge >= 0.3 is 5.97 Å². The molecule has 7 atom stereocenters. The zero-order chi connectivity index (χ0) is 48.4. The van der Waals surface area contributed by atoms with Crippen LogP contribution in [0.2, 0.25) is 0 Å². The summed E-state index contributed by atoms with van der Waals surface area (Å²) in [5.41, 5.74) is 6.30. The molecule has 1 fully saturated rings. The number of carboxylic acid groups (broad SMARTS) is 1. The first-order chi connectivity index (χ1) is 30.7. The summed E-state index contributed by atoms with van der Waals surface area (Å²) < 4.78 is 0. The Balaban J connectivity index is 0.0000150. The number of hydrogen-bond acceptors (Lipinski definition) is 12. The Bertz CT molecular complexity index is 1960. The first-order valence-corrected chi connectivity index (χ1v) is 21.5. The van der Waals surface area contributed by atoms with Gasteiger partial charge in [0.25, 0.3) is 0 Å². The van der Waals surface area contributed by atoms with Crippen LogP contribution in [0.25, 0.3) is 0 Å². The number of phenols is 1. The van der Waals surface area contributed by atoms with E-state index in [9.17, 15) is 48.6 Å². The van der Waals surface area contributed by atoms with Crippen molar-refractivity contribution < 1.29 is 54.0 Å². The standard InChI is InChI=1S/C42H65N13O10.H2O/c1-22(2)33(53-35(58)28(50-32(57)20-45-6)9-7-15-47-42(43)44)38(61)51-29(17-25-11-13-27(56)14-12-25)36(59)54-34(23(3)4)39(62)52-30(18-26-19-46-21-48-26)40(63)55-16-8-10-31(55)37(60)49-24(5)41(64)65;/h11-14,19,21-24,28-31,33-34,45,56H,7-10,15-18,20H2,1-6H3,(H,46,48)(H,49,60)(H,50,57)(H,51,61)(H,52,62)(H,53,58)(H,54,59)(H,64,65)(H4,43,44,47);1H2/t24-,28-,29-,30-,31-,33-,34-;/m0./s1. The number of hydrogen-bond donors (Lipinski definition) is 13. The van der Waals surface area contributed by atoms with E-state index in [0.29, 0.717) is 24.1 Å². The minimum absolute atomic E-state index is 0. The molecule has 1 aliphatic heterocycles. The number of carboxylic acids is 1. The van der Waals surface area contributed by atoms with Crippen molar-refractivity contribution in [3.63, 3.8) is 0 Å². The average molecular weight is 930 g/mol. The molecule has 1 aliphatic rings. The van der Waals surface area contributed by atoms with Gasteiger partial charge in [0.05, 0.1) is 18.6 Å². The van der Waals surface area contributed by atoms with E-state index in [1.807, 2.05) is 0 Å². The van der Waals surface area contributed by atoms with E-state index in [1.54, 1.807) is 46.9 Å². The number of rotatable bonds is 25. The van der Waals surface area contributed by atoms with Gasteiger partial charge in [-0.15, -0.1) is 0 Å². The van der Waals surface area contributed by atoms with Gasteiger partial charge in [-0.1, -0.05) is 39.8 Å². The molecule has 1 aromatic heterocycles. The molecule has 2 aromatic rings. The Hall–Kier alpha value is -6.82. The van der Waals surface area contributed by atoms with E-state index >= 15 is 0 Å². The molecule has 1 aromatic carbocycles. The Morgan fingerprint density at radius 1 is 0.833 bits per heavy atom. The number of H-pyrrole nitrogens is 1. The quantitative estimate of drug-likeness (QED) is 0.0266. The molecule has 366 valence electrons. The maximum absolute atomic E-state index is 14.3. The largest absolute Gasteiger partial charge is 0.508 e. The summed E-state index contributed by atoms with van der Waals surface area (Å²) in [5.74, 6) is -7.36. The molecule has 66 heavy (non-hydrogen) atoms. The number of nitrogens with zero attached hydrogens (tertiary/aromatic N) is 2. The van der Waals surface area contributed by atoms with Crippen molar-refractivity contribution >= 4 is 53.3 Å². The minimum Gasteiger partial charge on any atom is -0.508 e. The molecular weight excluding hydrogens is 863 g/mol. The summed E-state index contributed by atoms with van der Waals surface area (Å²) in [6.45, 7) is 8.31. The Labute approximate surface area is 382 Å². The Kier molecular flexibility index (Phi) is 22.5. The number of phenolic OH excluding ortho intramolecular Hbond substituents is 1. The highest BCUT2D eigenvalue weighted by molar-refractivity contribution is 5.98. The van der Waals surface area contributed by atoms with Crippen LogP contribution in [0.4, 0.5) is 0 Å². The van der Waals surface area contributed by atoms with E-state index in [4.69, 9.17) is 11.1 Å². The molecule has 0 radical (unpaired) electrons. The fourth-order valence-electron chi connectivity index (χ4n) is 7.07. The van der Waals surface area contributed by atoms with Gasteiger partial charge in [0, 0.05) is 32.1 Å². The smallest absolute Gasteiger partial charge is 0.325 e. The number of aromatic hydroxyl groups is 1. The summed E-state index contributed by atoms with van der Waals surface area (Å²) >= 11 is 0. The Morgan fingerprint density at radius 2 is 1.42 bits per heavy atom. The molecule has 1 saturated heterocycles. The van der Waals surface area contributed by atoms with Crippen LogP contribution in [-0.4, -0.2) is 153 Å². The molecule has 0 unspecified atom stereocenters. The number of aromatic nitrogens is 2. The first-order valence-electron chi connectivity index (χ1n) is 21.5. The number of amides is 7. The van der Waals surface area contributed by atoms with Crippen LogP contribution >= 0.6 is 0 Å². The summed E-state index contributed by atoms with van der Waals surface area (Å²) in [6, 6.07) is -2.47. The van der Waals surface area contributed by atoms with Gasteiger partial charge in [0.1, 0.15) is 48.0 Å². The maximum Gasteiger partial charge on any atom is 0.325 e. The fraction of sp³-hybridized carbons (Fsp3) is 0.571. The van der Waals surface area contributed by atoms with Gasteiger partial charge in [-0.2, -0.15) is 0 Å². The lowest BCUT2D eigenvalue weighted by atomic mass is 9.98. The van der Waals surface area contributed by atoms with Crippen LogP contribution in [0.15, 0.2) is 36.8 Å². The van der Waals surface area contributed by atoms with E-state index in [2.05, 4.69) is 52.5 Å². The minimum atomic E-state index is -1.35. The van der Waals surface area contributed by atoms with Crippen molar-refractivity contribution in [3.8, 4) is 5.75 Å². The zero-order valence-electron chi connectivity index (χ0n) is 38.2. The highest BCUT2D eigenvalue weighted by Crippen LogP contribution is 2.20. The number of carbonyl (C=O) groups excluding carboxylic acids is 7. The predicted octanol–water partition coefficient (Wildman–Crippen LogP) is -3.13. The van der Waals surface area contributed by atoms with Gasteiger partial charge in [-0.05, 0) is 69.2 Å². The molecule has 0 bridgehead atoms. The summed E-state index contributed by atoms with van der Waals surface area (Å²) in [5, 5.41) is 47.9. The SMILES string of the molecule is CNCC(=O)N[C@@H](CCCNC(=N)N)C(=O)N[C@H](C(=O)N[C@@H](Cc1ccc(O)cc1)C(=O)N[C@H](C(=O)N[C@@H](Cc1c[nH]cn1)C(=O)N1CCC[C@H]1C(=O)N[C@@H](C)C(=O)O)C(C)C)C(C)C.O. The highest BCUT2D eigenvalue weighted by atomic mass is 16.4. The summed E-state index contributed by atoms with van der Waals surface area (Å²) in [6.07, 6.45) is 3.89. The Morgan fingerprint density at radius 3 is 1.95 bits per heavy atom. The molecule has 16 N–H and O–H groups in total. The molecule has 2 heterocycles. The normalized spacial score (nSPS) is 16.0.